The van der Waals surface area contributed by atoms with Crippen LogP contribution < -0.4 is 4.90 Å². The van der Waals surface area contributed by atoms with Gasteiger partial charge in [-0.05, 0) is 43.2 Å². The number of pyridine rings is 1. The molecule has 0 amide bonds. The van der Waals surface area contributed by atoms with Crippen molar-refractivity contribution in [1.82, 2.24) is 4.98 Å². The predicted molar refractivity (Wildman–Crippen MR) is 74.1 cm³/mol. The number of aliphatic hydroxyl groups is 1. The molecule has 0 saturated heterocycles. The molecule has 1 heterocycles. The Bertz CT molecular complexity index is 552. The van der Waals surface area contributed by atoms with E-state index in [2.05, 4.69) is 30.1 Å². The van der Waals surface area contributed by atoms with E-state index >= 15 is 0 Å². The number of benzene rings is 1. The van der Waals surface area contributed by atoms with Crippen LogP contribution >= 0.6 is 0 Å². The number of hydrogen-bond acceptors (Lipinski definition) is 3. The Labute approximate surface area is 108 Å². The Hall–Kier alpha value is -1.87. The molecule has 0 fully saturated rings. The third kappa shape index (κ3) is 2.51. The second-order valence-electron chi connectivity index (χ2n) is 4.47. The van der Waals surface area contributed by atoms with E-state index in [-0.39, 0.29) is 6.61 Å². The first-order valence-corrected chi connectivity index (χ1v) is 5.99. The number of aromatic nitrogens is 1. The fourth-order valence-electron chi connectivity index (χ4n) is 1.90. The molecule has 0 spiro atoms. The van der Waals surface area contributed by atoms with Crippen LogP contribution in [-0.4, -0.2) is 17.1 Å². The average Bonchev–Trinajstić information content (AvgIpc) is 2.37. The molecule has 0 atom stereocenters. The van der Waals surface area contributed by atoms with Crippen molar-refractivity contribution in [3.63, 3.8) is 0 Å². The molecule has 0 aliphatic heterocycles. The minimum absolute atomic E-state index is 0.0350. The second-order valence-corrected chi connectivity index (χ2v) is 4.47. The van der Waals surface area contributed by atoms with Crippen LogP contribution in [0.1, 0.15) is 16.8 Å². The minimum Gasteiger partial charge on any atom is -0.392 e. The first kappa shape index (κ1) is 12.6. The molecule has 18 heavy (non-hydrogen) atoms. The van der Waals surface area contributed by atoms with Gasteiger partial charge >= 0.3 is 0 Å². The van der Waals surface area contributed by atoms with Crippen LogP contribution in [0.15, 0.2) is 36.4 Å². The fourth-order valence-corrected chi connectivity index (χ4v) is 1.90. The highest BCUT2D eigenvalue weighted by atomic mass is 16.3. The average molecular weight is 242 g/mol. The predicted octanol–water partition coefficient (Wildman–Crippen LogP) is 2.96. The first-order chi connectivity index (χ1) is 8.61. The number of aryl methyl sites for hydroxylation is 2. The third-order valence-electron chi connectivity index (χ3n) is 3.08. The van der Waals surface area contributed by atoms with Gasteiger partial charge in [0.15, 0.2) is 0 Å². The summed E-state index contributed by atoms with van der Waals surface area (Å²) in [7, 11) is 2.00. The quantitative estimate of drug-likeness (QED) is 0.899. The Morgan fingerprint density at radius 1 is 1.17 bits per heavy atom. The lowest BCUT2D eigenvalue weighted by Crippen LogP contribution is -2.12. The molecule has 0 aliphatic carbocycles. The van der Waals surface area contributed by atoms with Crippen LogP contribution in [-0.2, 0) is 6.61 Å². The van der Waals surface area contributed by atoms with Crippen molar-refractivity contribution in [3.8, 4) is 0 Å². The van der Waals surface area contributed by atoms with E-state index in [4.69, 9.17) is 5.11 Å². The number of anilines is 2. The zero-order valence-electron chi connectivity index (χ0n) is 11.0. The summed E-state index contributed by atoms with van der Waals surface area (Å²) in [5, 5.41) is 9.15. The molecule has 2 rings (SSSR count). The van der Waals surface area contributed by atoms with Gasteiger partial charge in [-0.25, -0.2) is 4.98 Å². The van der Waals surface area contributed by atoms with E-state index < -0.39 is 0 Å². The molecular weight excluding hydrogens is 224 g/mol. The maximum atomic E-state index is 9.15. The lowest BCUT2D eigenvalue weighted by molar-refractivity contribution is 0.280. The van der Waals surface area contributed by atoms with Crippen molar-refractivity contribution in [2.24, 2.45) is 0 Å². The van der Waals surface area contributed by atoms with Gasteiger partial charge in [0, 0.05) is 18.4 Å². The Balaban J connectivity index is 2.34. The zero-order valence-corrected chi connectivity index (χ0v) is 11.0. The molecule has 1 aromatic carbocycles. The van der Waals surface area contributed by atoms with Crippen LogP contribution in [0.25, 0.3) is 0 Å². The van der Waals surface area contributed by atoms with Crippen LogP contribution in [0.3, 0.4) is 0 Å². The molecule has 3 heteroatoms. The topological polar surface area (TPSA) is 36.4 Å². The molecule has 2 aromatic rings. The molecule has 94 valence electrons. The van der Waals surface area contributed by atoms with Gasteiger partial charge in [-0.2, -0.15) is 0 Å². The molecule has 1 aromatic heterocycles. The Kier molecular flexibility index (Phi) is 3.63. The number of hydrogen-bond donors (Lipinski definition) is 1. The normalized spacial score (nSPS) is 10.4. The highest BCUT2D eigenvalue weighted by Crippen LogP contribution is 2.23. The van der Waals surface area contributed by atoms with Gasteiger partial charge in [0.1, 0.15) is 5.82 Å². The van der Waals surface area contributed by atoms with Gasteiger partial charge in [-0.1, -0.05) is 18.2 Å². The Morgan fingerprint density at radius 2 is 1.94 bits per heavy atom. The van der Waals surface area contributed by atoms with Crippen molar-refractivity contribution in [2.75, 3.05) is 11.9 Å². The zero-order chi connectivity index (χ0) is 13.1. The van der Waals surface area contributed by atoms with E-state index in [1.807, 2.05) is 37.1 Å². The summed E-state index contributed by atoms with van der Waals surface area (Å²) in [6.07, 6.45) is 0. The monoisotopic (exact) mass is 242 g/mol. The molecule has 1 N–H and O–H groups in total. The highest BCUT2D eigenvalue weighted by Gasteiger charge is 2.07. The lowest BCUT2D eigenvalue weighted by Gasteiger charge is -2.19. The fraction of sp³-hybridized carbons (Fsp3) is 0.267. The van der Waals surface area contributed by atoms with E-state index in [9.17, 15) is 0 Å². The first-order valence-electron chi connectivity index (χ1n) is 5.99. The summed E-state index contributed by atoms with van der Waals surface area (Å²) in [5.41, 5.74) is 4.08. The third-order valence-corrected chi connectivity index (χ3v) is 3.08. The molecular formula is C15H18N2O. The van der Waals surface area contributed by atoms with Gasteiger partial charge in [0.25, 0.3) is 0 Å². The molecule has 3 nitrogen and oxygen atoms in total. The minimum atomic E-state index is 0.0350. The second kappa shape index (κ2) is 5.19. The van der Waals surface area contributed by atoms with Crippen molar-refractivity contribution < 1.29 is 5.11 Å². The van der Waals surface area contributed by atoms with Crippen molar-refractivity contribution in [2.45, 2.75) is 20.5 Å². The van der Waals surface area contributed by atoms with Gasteiger partial charge in [-0.3, -0.25) is 0 Å². The van der Waals surface area contributed by atoms with Crippen LogP contribution in [0.4, 0.5) is 11.5 Å². The van der Waals surface area contributed by atoms with Crippen molar-refractivity contribution in [1.29, 1.82) is 0 Å². The summed E-state index contributed by atoms with van der Waals surface area (Å²) >= 11 is 0. The smallest absolute Gasteiger partial charge is 0.132 e. The lowest BCUT2D eigenvalue weighted by atomic mass is 10.2. The SMILES string of the molecule is Cc1cccc(N(C)c2ccc(CO)c(C)n2)c1. The van der Waals surface area contributed by atoms with Crippen LogP contribution in [0.5, 0.6) is 0 Å². The largest absolute Gasteiger partial charge is 0.392 e. The number of aliphatic hydroxyl groups excluding tert-OH is 1. The summed E-state index contributed by atoms with van der Waals surface area (Å²) in [6.45, 7) is 4.03. The van der Waals surface area contributed by atoms with E-state index in [0.29, 0.717) is 0 Å². The summed E-state index contributed by atoms with van der Waals surface area (Å²) in [6, 6.07) is 12.1. The van der Waals surface area contributed by atoms with Crippen molar-refractivity contribution >= 4 is 11.5 Å². The Morgan fingerprint density at radius 3 is 2.56 bits per heavy atom. The van der Waals surface area contributed by atoms with Gasteiger partial charge < -0.3 is 10.0 Å². The standard InChI is InChI=1S/C15H18N2O/c1-11-5-4-6-14(9-11)17(3)15-8-7-13(10-18)12(2)16-15/h4-9,18H,10H2,1-3H3. The number of rotatable bonds is 3. The summed E-state index contributed by atoms with van der Waals surface area (Å²) in [5.74, 6) is 0.885. The van der Waals surface area contributed by atoms with Crippen LogP contribution in [0.2, 0.25) is 0 Å². The van der Waals surface area contributed by atoms with Crippen LogP contribution in [0, 0.1) is 13.8 Å². The maximum absolute atomic E-state index is 9.15. The molecule has 0 radical (unpaired) electrons. The van der Waals surface area contributed by atoms with E-state index in [0.717, 1.165) is 22.8 Å². The summed E-state index contributed by atoms with van der Waals surface area (Å²) in [4.78, 5) is 6.56. The van der Waals surface area contributed by atoms with Crippen molar-refractivity contribution in [3.05, 3.63) is 53.2 Å². The highest BCUT2D eigenvalue weighted by molar-refractivity contribution is 5.60. The maximum Gasteiger partial charge on any atom is 0.132 e. The van der Waals surface area contributed by atoms with Gasteiger partial charge in [0.2, 0.25) is 0 Å². The van der Waals surface area contributed by atoms with E-state index in [1.165, 1.54) is 5.56 Å². The molecule has 0 bridgehead atoms. The van der Waals surface area contributed by atoms with Gasteiger partial charge in [-0.15, -0.1) is 0 Å². The van der Waals surface area contributed by atoms with E-state index in [1.54, 1.807) is 0 Å². The molecule has 0 saturated carbocycles. The van der Waals surface area contributed by atoms with Gasteiger partial charge in [0.05, 0.1) is 6.61 Å². The summed E-state index contributed by atoms with van der Waals surface area (Å²) < 4.78 is 0. The number of nitrogens with zero attached hydrogens (tertiary/aromatic N) is 2. The molecule has 0 aliphatic rings. The molecule has 0 unspecified atom stereocenters.